The molecule has 0 saturated heterocycles. The van der Waals surface area contributed by atoms with Crippen LogP contribution in [0.3, 0.4) is 0 Å². The van der Waals surface area contributed by atoms with E-state index >= 15 is 0 Å². The van der Waals surface area contributed by atoms with Crippen molar-refractivity contribution in [2.75, 3.05) is 25.1 Å². The van der Waals surface area contributed by atoms with E-state index in [0.717, 1.165) is 25.3 Å². The fourth-order valence-electron chi connectivity index (χ4n) is 2.24. The molecule has 1 aromatic carbocycles. The van der Waals surface area contributed by atoms with Crippen LogP contribution in [0.1, 0.15) is 19.2 Å². The molecule has 0 bridgehead atoms. The van der Waals surface area contributed by atoms with Gasteiger partial charge in [-0.1, -0.05) is 12.1 Å². The van der Waals surface area contributed by atoms with Crippen LogP contribution >= 0.6 is 24.0 Å². The maximum Gasteiger partial charge on any atom is 0.258 e. The molecule has 7 heteroatoms. The standard InChI is InChI=1S/C16H22N4OS2/c1-3-20(16(22)17-9-6-10-23-2)11-14-18-13-8-5-4-7-12(13)15(21)19-14/h4-5,7-8H,3,6,9-11H2,1-2H3,(H,17,22)(H,18,19,21). The molecule has 2 rings (SSSR count). The number of H-pyrrole nitrogens is 1. The quantitative estimate of drug-likeness (QED) is 0.590. The maximum absolute atomic E-state index is 12.1. The van der Waals surface area contributed by atoms with E-state index in [1.54, 1.807) is 6.07 Å². The van der Waals surface area contributed by atoms with E-state index in [2.05, 4.69) is 21.5 Å². The Morgan fingerprint density at radius 1 is 1.43 bits per heavy atom. The van der Waals surface area contributed by atoms with Gasteiger partial charge in [0.05, 0.1) is 17.4 Å². The van der Waals surface area contributed by atoms with Crippen LogP contribution in [0.4, 0.5) is 0 Å². The smallest absolute Gasteiger partial charge is 0.258 e. The van der Waals surface area contributed by atoms with Crippen molar-refractivity contribution in [3.8, 4) is 0 Å². The highest BCUT2D eigenvalue weighted by atomic mass is 32.2. The van der Waals surface area contributed by atoms with Crippen molar-refractivity contribution in [1.82, 2.24) is 20.2 Å². The number of aromatic amines is 1. The molecular weight excluding hydrogens is 328 g/mol. The summed E-state index contributed by atoms with van der Waals surface area (Å²) in [5.41, 5.74) is 0.599. The molecule has 0 radical (unpaired) electrons. The lowest BCUT2D eigenvalue weighted by atomic mass is 10.2. The summed E-state index contributed by atoms with van der Waals surface area (Å²) >= 11 is 7.27. The third-order valence-electron chi connectivity index (χ3n) is 3.47. The molecule has 0 unspecified atom stereocenters. The molecule has 0 aliphatic rings. The van der Waals surface area contributed by atoms with Crippen LogP contribution in [0.2, 0.25) is 0 Å². The first-order valence-electron chi connectivity index (χ1n) is 7.65. The van der Waals surface area contributed by atoms with E-state index in [1.807, 2.05) is 41.8 Å². The number of benzene rings is 1. The Balaban J connectivity index is 2.06. The van der Waals surface area contributed by atoms with Gasteiger partial charge in [-0.05, 0) is 49.7 Å². The Bertz CT molecular complexity index is 717. The first-order chi connectivity index (χ1) is 11.2. The number of thiocarbonyl (C=S) groups is 1. The second-order valence-electron chi connectivity index (χ2n) is 5.12. The van der Waals surface area contributed by atoms with Crippen molar-refractivity contribution in [3.63, 3.8) is 0 Å². The minimum Gasteiger partial charge on any atom is -0.363 e. The number of fused-ring (bicyclic) bond motifs is 1. The van der Waals surface area contributed by atoms with Crippen LogP contribution in [-0.4, -0.2) is 45.1 Å². The summed E-state index contributed by atoms with van der Waals surface area (Å²) in [6.07, 6.45) is 3.17. The highest BCUT2D eigenvalue weighted by Gasteiger charge is 2.11. The third-order valence-corrected chi connectivity index (χ3v) is 4.57. The minimum absolute atomic E-state index is 0.111. The largest absolute Gasteiger partial charge is 0.363 e. The highest BCUT2D eigenvalue weighted by Crippen LogP contribution is 2.07. The number of aromatic nitrogens is 2. The lowest BCUT2D eigenvalue weighted by Gasteiger charge is -2.23. The zero-order valence-corrected chi connectivity index (χ0v) is 15.1. The molecule has 5 nitrogen and oxygen atoms in total. The van der Waals surface area contributed by atoms with Gasteiger partial charge in [-0.2, -0.15) is 11.8 Å². The van der Waals surface area contributed by atoms with Gasteiger partial charge in [0.25, 0.3) is 5.56 Å². The lowest BCUT2D eigenvalue weighted by molar-refractivity contribution is 0.415. The van der Waals surface area contributed by atoms with Crippen LogP contribution in [0.5, 0.6) is 0 Å². The molecule has 0 aliphatic carbocycles. The van der Waals surface area contributed by atoms with Crippen molar-refractivity contribution >= 4 is 40.0 Å². The number of rotatable bonds is 7. The van der Waals surface area contributed by atoms with Crippen LogP contribution in [0, 0.1) is 0 Å². The number of hydrogen-bond acceptors (Lipinski definition) is 4. The Morgan fingerprint density at radius 3 is 2.96 bits per heavy atom. The molecule has 0 spiro atoms. The van der Waals surface area contributed by atoms with Crippen molar-refractivity contribution in [1.29, 1.82) is 0 Å². The zero-order valence-electron chi connectivity index (χ0n) is 13.5. The average Bonchev–Trinajstić information content (AvgIpc) is 2.56. The second-order valence-corrected chi connectivity index (χ2v) is 6.49. The van der Waals surface area contributed by atoms with Gasteiger partial charge in [0.1, 0.15) is 5.82 Å². The van der Waals surface area contributed by atoms with E-state index in [9.17, 15) is 4.79 Å². The zero-order chi connectivity index (χ0) is 16.7. The maximum atomic E-state index is 12.1. The minimum atomic E-state index is -0.111. The van der Waals surface area contributed by atoms with Crippen molar-refractivity contribution < 1.29 is 0 Å². The molecule has 0 saturated carbocycles. The van der Waals surface area contributed by atoms with Gasteiger partial charge in [0, 0.05) is 13.1 Å². The number of nitrogens with one attached hydrogen (secondary N) is 2. The normalized spacial score (nSPS) is 10.7. The Kier molecular flexibility index (Phi) is 6.85. The van der Waals surface area contributed by atoms with Gasteiger partial charge in [0.15, 0.2) is 5.11 Å². The molecule has 0 fully saturated rings. The molecule has 0 amide bonds. The van der Waals surface area contributed by atoms with Crippen LogP contribution in [-0.2, 0) is 6.54 Å². The van der Waals surface area contributed by atoms with E-state index < -0.39 is 0 Å². The molecule has 0 aliphatic heterocycles. The topological polar surface area (TPSA) is 61.0 Å². The van der Waals surface area contributed by atoms with Crippen LogP contribution in [0.25, 0.3) is 10.9 Å². The summed E-state index contributed by atoms with van der Waals surface area (Å²) in [6, 6.07) is 7.35. The molecular formula is C16H22N4OS2. The predicted molar refractivity (Wildman–Crippen MR) is 102 cm³/mol. The third kappa shape index (κ3) is 4.94. The average molecular weight is 351 g/mol. The summed E-state index contributed by atoms with van der Waals surface area (Å²) in [4.78, 5) is 21.5. The molecule has 1 aromatic heterocycles. The summed E-state index contributed by atoms with van der Waals surface area (Å²) in [5, 5.41) is 4.57. The van der Waals surface area contributed by atoms with Gasteiger partial charge >= 0.3 is 0 Å². The van der Waals surface area contributed by atoms with Gasteiger partial charge in [-0.15, -0.1) is 0 Å². The Labute approximate surface area is 145 Å². The second kappa shape index (κ2) is 8.88. The molecule has 124 valence electrons. The lowest BCUT2D eigenvalue weighted by Crippen LogP contribution is -2.40. The number of nitrogens with zero attached hydrogens (tertiary/aromatic N) is 2. The molecule has 23 heavy (non-hydrogen) atoms. The van der Waals surface area contributed by atoms with Gasteiger partial charge < -0.3 is 15.2 Å². The fraction of sp³-hybridized carbons (Fsp3) is 0.438. The van der Waals surface area contributed by atoms with Crippen LogP contribution < -0.4 is 10.9 Å². The van der Waals surface area contributed by atoms with Crippen molar-refractivity contribution in [2.45, 2.75) is 19.9 Å². The Hall–Kier alpha value is -1.60. The van der Waals surface area contributed by atoms with E-state index in [-0.39, 0.29) is 5.56 Å². The summed E-state index contributed by atoms with van der Waals surface area (Å²) < 4.78 is 0. The Morgan fingerprint density at radius 2 is 2.22 bits per heavy atom. The number of hydrogen-bond donors (Lipinski definition) is 2. The van der Waals surface area contributed by atoms with Gasteiger partial charge in [-0.25, -0.2) is 4.98 Å². The molecule has 2 N–H and O–H groups in total. The van der Waals surface area contributed by atoms with Crippen molar-refractivity contribution in [3.05, 3.63) is 40.4 Å². The highest BCUT2D eigenvalue weighted by molar-refractivity contribution is 7.98. The van der Waals surface area contributed by atoms with Crippen LogP contribution in [0.15, 0.2) is 29.1 Å². The van der Waals surface area contributed by atoms with Gasteiger partial charge in [0.2, 0.25) is 0 Å². The summed E-state index contributed by atoms with van der Waals surface area (Å²) in [5.74, 6) is 1.74. The van der Waals surface area contributed by atoms with Gasteiger partial charge in [-0.3, -0.25) is 4.79 Å². The monoisotopic (exact) mass is 350 g/mol. The summed E-state index contributed by atoms with van der Waals surface area (Å²) in [7, 11) is 0. The summed E-state index contributed by atoms with van der Waals surface area (Å²) in [6.45, 7) is 4.14. The van der Waals surface area contributed by atoms with Crippen molar-refractivity contribution in [2.24, 2.45) is 0 Å². The van der Waals surface area contributed by atoms with E-state index in [0.29, 0.717) is 28.4 Å². The number of thioether (sulfide) groups is 1. The fourth-order valence-corrected chi connectivity index (χ4v) is 2.97. The SMILES string of the molecule is CCN(Cc1nc2ccccc2c(=O)[nH]1)C(=S)NCCCSC. The molecule has 2 aromatic rings. The number of para-hydroxylation sites is 1. The van der Waals surface area contributed by atoms with E-state index in [1.165, 1.54) is 0 Å². The molecule has 0 atom stereocenters. The van der Waals surface area contributed by atoms with E-state index in [4.69, 9.17) is 12.2 Å². The first-order valence-corrected chi connectivity index (χ1v) is 9.45. The molecule has 1 heterocycles. The predicted octanol–water partition coefficient (Wildman–Crippen LogP) is 2.37. The first kappa shape index (κ1) is 17.7.